The summed E-state index contributed by atoms with van der Waals surface area (Å²) in [5.41, 5.74) is 0.458. The van der Waals surface area contributed by atoms with Crippen molar-refractivity contribution >= 4 is 0 Å². The Labute approximate surface area is 101 Å². The van der Waals surface area contributed by atoms with E-state index in [9.17, 15) is 0 Å². The van der Waals surface area contributed by atoms with Crippen LogP contribution in [0.1, 0.15) is 52.9 Å². The molecule has 2 fully saturated rings. The Kier molecular flexibility index (Phi) is 3.91. The molecule has 1 aliphatic heterocycles. The molecule has 0 amide bonds. The molecule has 2 aliphatic rings. The van der Waals surface area contributed by atoms with E-state index in [-0.39, 0.29) is 0 Å². The summed E-state index contributed by atoms with van der Waals surface area (Å²) in [6.07, 6.45) is 7.03. The molecule has 0 aromatic heterocycles. The summed E-state index contributed by atoms with van der Waals surface area (Å²) in [4.78, 5) is 2.73. The first-order valence-corrected chi connectivity index (χ1v) is 7.12. The average molecular weight is 224 g/mol. The van der Waals surface area contributed by atoms with Crippen LogP contribution in [-0.4, -0.2) is 36.1 Å². The Morgan fingerprint density at radius 3 is 2.69 bits per heavy atom. The van der Waals surface area contributed by atoms with Crippen LogP contribution in [0.4, 0.5) is 0 Å². The summed E-state index contributed by atoms with van der Waals surface area (Å²) in [6.45, 7) is 10.8. The van der Waals surface area contributed by atoms with Crippen molar-refractivity contribution in [3.8, 4) is 0 Å². The summed E-state index contributed by atoms with van der Waals surface area (Å²) < 4.78 is 0. The Morgan fingerprint density at radius 2 is 2.06 bits per heavy atom. The van der Waals surface area contributed by atoms with Gasteiger partial charge in [0.1, 0.15) is 0 Å². The van der Waals surface area contributed by atoms with Crippen LogP contribution in [-0.2, 0) is 0 Å². The van der Waals surface area contributed by atoms with E-state index in [0.29, 0.717) is 5.54 Å². The maximum absolute atomic E-state index is 3.67. The lowest BCUT2D eigenvalue weighted by Crippen LogP contribution is -2.45. The third kappa shape index (κ3) is 2.60. The quantitative estimate of drug-likeness (QED) is 0.790. The largest absolute Gasteiger partial charge is 0.314 e. The lowest BCUT2D eigenvalue weighted by Gasteiger charge is -2.35. The lowest BCUT2D eigenvalue weighted by molar-refractivity contribution is 0.140. The smallest absolute Gasteiger partial charge is 0.0153 e. The fourth-order valence-electron chi connectivity index (χ4n) is 3.57. The van der Waals surface area contributed by atoms with Crippen molar-refractivity contribution < 1.29 is 0 Å². The Bertz CT molecular complexity index is 225. The van der Waals surface area contributed by atoms with Gasteiger partial charge in [-0.2, -0.15) is 0 Å². The number of hydrogen-bond donors (Lipinski definition) is 1. The standard InChI is InChI=1S/C14H28N2/c1-4-15-13-8-5-7-12(13)11-16-10-6-9-14(16,2)3/h12-13,15H,4-11H2,1-3H3. The number of nitrogens with zero attached hydrogens (tertiary/aromatic N) is 1. The van der Waals surface area contributed by atoms with Crippen LogP contribution in [0.15, 0.2) is 0 Å². The highest BCUT2D eigenvalue weighted by Crippen LogP contribution is 2.33. The van der Waals surface area contributed by atoms with Crippen molar-refractivity contribution in [3.63, 3.8) is 0 Å². The molecule has 1 heterocycles. The molecular weight excluding hydrogens is 196 g/mol. The minimum atomic E-state index is 0.458. The molecule has 2 atom stereocenters. The highest BCUT2D eigenvalue weighted by molar-refractivity contribution is 4.92. The van der Waals surface area contributed by atoms with Crippen molar-refractivity contribution in [1.29, 1.82) is 0 Å². The topological polar surface area (TPSA) is 15.3 Å². The molecule has 16 heavy (non-hydrogen) atoms. The van der Waals surface area contributed by atoms with Crippen LogP contribution < -0.4 is 5.32 Å². The van der Waals surface area contributed by atoms with Crippen LogP contribution in [0.3, 0.4) is 0 Å². The second kappa shape index (κ2) is 5.05. The van der Waals surface area contributed by atoms with E-state index in [4.69, 9.17) is 0 Å². The Balaban J connectivity index is 1.88. The lowest BCUT2D eigenvalue weighted by atomic mass is 9.98. The predicted octanol–water partition coefficient (Wildman–Crippen LogP) is 2.64. The minimum absolute atomic E-state index is 0.458. The molecule has 94 valence electrons. The number of likely N-dealkylation sites (tertiary alicyclic amines) is 1. The summed E-state index contributed by atoms with van der Waals surface area (Å²) >= 11 is 0. The SMILES string of the molecule is CCNC1CCCC1CN1CCCC1(C)C. The van der Waals surface area contributed by atoms with Crippen LogP contribution >= 0.6 is 0 Å². The Hall–Kier alpha value is -0.0800. The molecule has 2 unspecified atom stereocenters. The molecule has 1 saturated carbocycles. The zero-order valence-corrected chi connectivity index (χ0v) is 11.3. The van der Waals surface area contributed by atoms with E-state index >= 15 is 0 Å². The van der Waals surface area contributed by atoms with E-state index in [1.807, 2.05) is 0 Å². The third-order valence-corrected chi connectivity index (χ3v) is 4.65. The summed E-state index contributed by atoms with van der Waals surface area (Å²) in [5.74, 6) is 0.900. The molecule has 0 radical (unpaired) electrons. The molecule has 0 bridgehead atoms. The van der Waals surface area contributed by atoms with E-state index in [2.05, 4.69) is 31.0 Å². The average Bonchev–Trinajstić information content (AvgIpc) is 2.77. The number of nitrogens with one attached hydrogen (secondary N) is 1. The minimum Gasteiger partial charge on any atom is -0.314 e. The van der Waals surface area contributed by atoms with Gasteiger partial charge in [0.25, 0.3) is 0 Å². The second-order valence-electron chi connectivity index (χ2n) is 6.22. The third-order valence-electron chi connectivity index (χ3n) is 4.65. The van der Waals surface area contributed by atoms with Crippen molar-refractivity contribution in [1.82, 2.24) is 10.2 Å². The number of hydrogen-bond acceptors (Lipinski definition) is 2. The van der Waals surface area contributed by atoms with Crippen LogP contribution in [0.25, 0.3) is 0 Å². The van der Waals surface area contributed by atoms with Crippen molar-refractivity contribution in [3.05, 3.63) is 0 Å². The van der Waals surface area contributed by atoms with Crippen molar-refractivity contribution in [2.75, 3.05) is 19.6 Å². The van der Waals surface area contributed by atoms with E-state index < -0.39 is 0 Å². The maximum atomic E-state index is 3.67. The highest BCUT2D eigenvalue weighted by Gasteiger charge is 2.36. The monoisotopic (exact) mass is 224 g/mol. The molecule has 0 spiro atoms. The molecule has 2 nitrogen and oxygen atoms in total. The highest BCUT2D eigenvalue weighted by atomic mass is 15.2. The van der Waals surface area contributed by atoms with Gasteiger partial charge in [0.15, 0.2) is 0 Å². The van der Waals surface area contributed by atoms with E-state index in [1.54, 1.807) is 0 Å². The number of rotatable bonds is 4. The first kappa shape index (κ1) is 12.4. The molecule has 1 saturated heterocycles. The normalized spacial score (nSPS) is 34.7. The van der Waals surface area contributed by atoms with Crippen LogP contribution in [0.5, 0.6) is 0 Å². The first-order valence-electron chi connectivity index (χ1n) is 7.12. The molecular formula is C14H28N2. The van der Waals surface area contributed by atoms with Gasteiger partial charge in [-0.15, -0.1) is 0 Å². The second-order valence-corrected chi connectivity index (χ2v) is 6.22. The van der Waals surface area contributed by atoms with Crippen LogP contribution in [0.2, 0.25) is 0 Å². The van der Waals surface area contributed by atoms with Gasteiger partial charge in [0.05, 0.1) is 0 Å². The zero-order valence-electron chi connectivity index (χ0n) is 11.3. The van der Waals surface area contributed by atoms with Gasteiger partial charge in [0, 0.05) is 18.1 Å². The predicted molar refractivity (Wildman–Crippen MR) is 69.7 cm³/mol. The van der Waals surface area contributed by atoms with E-state index in [1.165, 1.54) is 45.2 Å². The molecule has 1 aliphatic carbocycles. The molecule has 2 rings (SSSR count). The summed E-state index contributed by atoms with van der Waals surface area (Å²) in [5, 5.41) is 3.67. The van der Waals surface area contributed by atoms with Gasteiger partial charge >= 0.3 is 0 Å². The molecule has 0 aromatic rings. The van der Waals surface area contributed by atoms with Gasteiger partial charge < -0.3 is 5.32 Å². The van der Waals surface area contributed by atoms with Gasteiger partial charge in [-0.25, -0.2) is 0 Å². The van der Waals surface area contributed by atoms with Crippen LogP contribution in [0, 0.1) is 5.92 Å². The summed E-state index contributed by atoms with van der Waals surface area (Å²) in [6, 6.07) is 0.793. The van der Waals surface area contributed by atoms with Gasteiger partial charge in [-0.1, -0.05) is 13.3 Å². The Morgan fingerprint density at radius 1 is 1.25 bits per heavy atom. The molecule has 2 heteroatoms. The van der Waals surface area contributed by atoms with Gasteiger partial charge in [-0.3, -0.25) is 4.90 Å². The fraction of sp³-hybridized carbons (Fsp3) is 1.00. The van der Waals surface area contributed by atoms with Gasteiger partial charge in [-0.05, 0) is 58.5 Å². The van der Waals surface area contributed by atoms with Crippen molar-refractivity contribution in [2.24, 2.45) is 5.92 Å². The molecule has 0 aromatic carbocycles. The maximum Gasteiger partial charge on any atom is 0.0153 e. The summed E-state index contributed by atoms with van der Waals surface area (Å²) in [7, 11) is 0. The van der Waals surface area contributed by atoms with E-state index in [0.717, 1.165) is 18.5 Å². The fourth-order valence-corrected chi connectivity index (χ4v) is 3.57. The molecule has 1 N–H and O–H groups in total. The zero-order chi connectivity index (χ0) is 11.6. The first-order chi connectivity index (χ1) is 7.63. The van der Waals surface area contributed by atoms with Gasteiger partial charge in [0.2, 0.25) is 0 Å². The van der Waals surface area contributed by atoms with Crippen molar-refractivity contribution in [2.45, 2.75) is 64.5 Å².